The molecule has 1 N–H and O–H groups in total. The van der Waals surface area contributed by atoms with Crippen molar-refractivity contribution in [3.05, 3.63) is 98.7 Å². The van der Waals surface area contributed by atoms with Gasteiger partial charge in [-0.3, -0.25) is 9.59 Å². The number of anilines is 1. The van der Waals surface area contributed by atoms with E-state index in [9.17, 15) is 14.0 Å². The van der Waals surface area contributed by atoms with E-state index in [1.54, 1.807) is 30.3 Å². The van der Waals surface area contributed by atoms with Crippen LogP contribution >= 0.6 is 34.8 Å². The van der Waals surface area contributed by atoms with Crippen LogP contribution in [0, 0.1) is 5.82 Å². The largest absolute Gasteiger partial charge is 0.350 e. The summed E-state index contributed by atoms with van der Waals surface area (Å²) in [5.41, 5.74) is 1.18. The average molecular weight is 466 g/mol. The van der Waals surface area contributed by atoms with Gasteiger partial charge < -0.3 is 10.2 Å². The van der Waals surface area contributed by atoms with Gasteiger partial charge in [-0.15, -0.1) is 0 Å². The van der Waals surface area contributed by atoms with Gasteiger partial charge in [-0.2, -0.15) is 0 Å². The summed E-state index contributed by atoms with van der Waals surface area (Å²) in [5.74, 6) is -1.12. The minimum absolute atomic E-state index is 0.147. The van der Waals surface area contributed by atoms with Crippen molar-refractivity contribution in [2.45, 2.75) is 0 Å². The van der Waals surface area contributed by atoms with Crippen LogP contribution in [0.5, 0.6) is 0 Å². The first-order valence-electron chi connectivity index (χ1n) is 8.91. The Bertz CT molecular complexity index is 1060. The average Bonchev–Trinajstić information content (AvgIpc) is 2.72. The minimum Gasteiger partial charge on any atom is -0.350 e. The molecule has 0 atom stereocenters. The van der Waals surface area contributed by atoms with Crippen LogP contribution in [-0.2, 0) is 0 Å². The number of nitrogens with one attached hydrogen (secondary N) is 1. The Hall–Kier alpha value is -2.60. The van der Waals surface area contributed by atoms with E-state index in [4.69, 9.17) is 34.8 Å². The van der Waals surface area contributed by atoms with Gasteiger partial charge in [-0.1, -0.05) is 34.8 Å². The second kappa shape index (κ2) is 9.94. The summed E-state index contributed by atoms with van der Waals surface area (Å²) in [6, 6.07) is 16.5. The maximum Gasteiger partial charge on any atom is 0.258 e. The predicted molar refractivity (Wildman–Crippen MR) is 118 cm³/mol. The van der Waals surface area contributed by atoms with E-state index in [2.05, 4.69) is 5.32 Å². The smallest absolute Gasteiger partial charge is 0.258 e. The molecule has 8 heteroatoms. The summed E-state index contributed by atoms with van der Waals surface area (Å²) in [6.07, 6.45) is 0. The second-order valence-corrected chi connectivity index (χ2v) is 7.60. The Morgan fingerprint density at radius 2 is 1.50 bits per heavy atom. The first-order valence-corrected chi connectivity index (χ1v) is 10.0. The number of benzene rings is 3. The molecule has 0 saturated heterocycles. The Morgan fingerprint density at radius 1 is 0.867 bits per heavy atom. The van der Waals surface area contributed by atoms with Crippen LogP contribution in [0.4, 0.5) is 10.1 Å². The number of nitrogens with zero attached hydrogens (tertiary/aromatic N) is 1. The number of hydrogen-bond acceptors (Lipinski definition) is 2. The number of hydrogen-bond donors (Lipinski definition) is 1. The van der Waals surface area contributed by atoms with Crippen molar-refractivity contribution >= 4 is 52.3 Å². The quantitative estimate of drug-likeness (QED) is 0.495. The molecule has 0 radical (unpaired) electrons. The number of amides is 2. The van der Waals surface area contributed by atoms with Crippen molar-refractivity contribution in [1.82, 2.24) is 5.32 Å². The number of rotatable bonds is 6. The lowest BCUT2D eigenvalue weighted by Gasteiger charge is -2.23. The van der Waals surface area contributed by atoms with Gasteiger partial charge in [-0.25, -0.2) is 4.39 Å². The van der Waals surface area contributed by atoms with Gasteiger partial charge >= 0.3 is 0 Å². The fraction of sp³-hybridized carbons (Fsp3) is 0.0909. The highest BCUT2D eigenvalue weighted by Gasteiger charge is 2.19. The molecule has 0 bridgehead atoms. The topological polar surface area (TPSA) is 49.4 Å². The Morgan fingerprint density at radius 3 is 2.13 bits per heavy atom. The molecule has 154 valence electrons. The van der Waals surface area contributed by atoms with Gasteiger partial charge in [-0.05, 0) is 66.7 Å². The normalized spacial score (nSPS) is 10.5. The molecule has 0 aliphatic carbocycles. The number of carbonyl (C=O) groups is 2. The molecule has 3 rings (SSSR count). The van der Waals surface area contributed by atoms with Crippen LogP contribution in [0.15, 0.2) is 66.7 Å². The Balaban J connectivity index is 1.75. The number of halogens is 4. The molecule has 0 spiro atoms. The lowest BCUT2D eigenvalue weighted by Crippen LogP contribution is -2.38. The lowest BCUT2D eigenvalue weighted by molar-refractivity contribution is 0.0943. The molecule has 0 unspecified atom stereocenters. The van der Waals surface area contributed by atoms with E-state index >= 15 is 0 Å². The van der Waals surface area contributed by atoms with Crippen molar-refractivity contribution in [2.75, 3.05) is 18.0 Å². The molecule has 0 aliphatic heterocycles. The lowest BCUT2D eigenvalue weighted by atomic mass is 10.1. The standard InChI is InChI=1S/C22H16Cl3FN2O2/c23-15-3-1-14(2-4-15)22(30)28(18-8-6-17(26)7-9-18)12-11-27-21(29)19-10-5-16(24)13-20(19)25/h1-10,13H,11-12H2,(H,27,29). The van der Waals surface area contributed by atoms with Crippen LogP contribution in [0.3, 0.4) is 0 Å². The van der Waals surface area contributed by atoms with Crippen LogP contribution in [-0.4, -0.2) is 24.9 Å². The molecule has 0 heterocycles. The van der Waals surface area contributed by atoms with E-state index in [1.165, 1.54) is 41.3 Å². The summed E-state index contributed by atoms with van der Waals surface area (Å²) >= 11 is 17.8. The highest BCUT2D eigenvalue weighted by Crippen LogP contribution is 2.21. The van der Waals surface area contributed by atoms with Crippen LogP contribution in [0.25, 0.3) is 0 Å². The molecule has 0 fully saturated rings. The first-order chi connectivity index (χ1) is 14.3. The zero-order chi connectivity index (χ0) is 21.7. The van der Waals surface area contributed by atoms with Crippen molar-refractivity contribution in [3.63, 3.8) is 0 Å². The van der Waals surface area contributed by atoms with E-state index in [1.807, 2.05) is 0 Å². The molecule has 0 aromatic heterocycles. The minimum atomic E-state index is -0.414. The molecule has 2 amide bonds. The second-order valence-electron chi connectivity index (χ2n) is 6.32. The molecule has 0 aliphatic rings. The van der Waals surface area contributed by atoms with E-state index < -0.39 is 11.7 Å². The van der Waals surface area contributed by atoms with E-state index in [0.29, 0.717) is 21.3 Å². The van der Waals surface area contributed by atoms with Gasteiger partial charge in [0.1, 0.15) is 5.82 Å². The van der Waals surface area contributed by atoms with Gasteiger partial charge in [0.2, 0.25) is 0 Å². The molecule has 4 nitrogen and oxygen atoms in total. The van der Waals surface area contributed by atoms with Gasteiger partial charge in [0, 0.05) is 34.4 Å². The fourth-order valence-corrected chi connectivity index (χ4v) is 3.39. The maximum atomic E-state index is 13.3. The first kappa shape index (κ1) is 22.1. The molecule has 0 saturated carbocycles. The predicted octanol–water partition coefficient (Wildman–Crippen LogP) is 5.86. The van der Waals surface area contributed by atoms with E-state index in [0.717, 1.165) is 0 Å². The van der Waals surface area contributed by atoms with Crippen LogP contribution < -0.4 is 10.2 Å². The molecule has 3 aromatic rings. The maximum absolute atomic E-state index is 13.3. The highest BCUT2D eigenvalue weighted by atomic mass is 35.5. The molecule has 3 aromatic carbocycles. The SMILES string of the molecule is O=C(NCCN(C(=O)c1ccc(Cl)cc1)c1ccc(F)cc1)c1ccc(Cl)cc1Cl. The van der Waals surface area contributed by atoms with Gasteiger partial charge in [0.15, 0.2) is 0 Å². The number of carbonyl (C=O) groups excluding carboxylic acids is 2. The zero-order valence-corrected chi connectivity index (χ0v) is 17.8. The summed E-state index contributed by atoms with van der Waals surface area (Å²) in [5, 5.41) is 3.89. The van der Waals surface area contributed by atoms with Crippen LogP contribution in [0.2, 0.25) is 15.1 Å². The summed E-state index contributed by atoms with van der Waals surface area (Å²) in [7, 11) is 0. The zero-order valence-electron chi connectivity index (χ0n) is 15.5. The summed E-state index contributed by atoms with van der Waals surface area (Å²) < 4.78 is 13.3. The third-order valence-corrected chi connectivity index (χ3v) is 5.07. The Labute approximate surface area is 188 Å². The van der Waals surface area contributed by atoms with Crippen molar-refractivity contribution in [1.29, 1.82) is 0 Å². The van der Waals surface area contributed by atoms with Crippen molar-refractivity contribution in [2.24, 2.45) is 0 Å². The summed E-state index contributed by atoms with van der Waals surface area (Å²) in [4.78, 5) is 26.9. The summed E-state index contributed by atoms with van der Waals surface area (Å²) in [6.45, 7) is 0.304. The molecular weight excluding hydrogens is 450 g/mol. The fourth-order valence-electron chi connectivity index (χ4n) is 2.77. The Kier molecular flexibility index (Phi) is 7.32. The van der Waals surface area contributed by atoms with Crippen molar-refractivity contribution in [3.8, 4) is 0 Å². The molecule has 30 heavy (non-hydrogen) atoms. The monoisotopic (exact) mass is 464 g/mol. The van der Waals surface area contributed by atoms with Gasteiger partial charge in [0.05, 0.1) is 10.6 Å². The third-order valence-electron chi connectivity index (χ3n) is 4.27. The highest BCUT2D eigenvalue weighted by molar-refractivity contribution is 6.36. The third kappa shape index (κ3) is 5.51. The van der Waals surface area contributed by atoms with Crippen LogP contribution in [0.1, 0.15) is 20.7 Å². The van der Waals surface area contributed by atoms with E-state index in [-0.39, 0.29) is 29.6 Å². The molecular formula is C22H16Cl3FN2O2. The van der Waals surface area contributed by atoms with Crippen molar-refractivity contribution < 1.29 is 14.0 Å². The van der Waals surface area contributed by atoms with Gasteiger partial charge in [0.25, 0.3) is 11.8 Å².